The summed E-state index contributed by atoms with van der Waals surface area (Å²) in [4.78, 5) is 82.6. The highest BCUT2D eigenvalue weighted by Crippen LogP contribution is 2.37. The number of hydrogen-bond donors (Lipinski definition) is 1. The summed E-state index contributed by atoms with van der Waals surface area (Å²) in [5, 5.41) is 2.77. The molecule has 0 spiro atoms. The number of esters is 1. The largest absolute Gasteiger partial charge is 0.493 e. The molecule has 0 unspecified atom stereocenters. The first-order valence-corrected chi connectivity index (χ1v) is 18.1. The normalized spacial score (nSPS) is 13.5. The topological polar surface area (TPSA) is 173 Å². The van der Waals surface area contributed by atoms with Gasteiger partial charge in [-0.25, -0.2) is 9.59 Å². The molecule has 6 rings (SSSR count). The van der Waals surface area contributed by atoms with Crippen LogP contribution in [0.4, 0.5) is 10.5 Å². The maximum atomic E-state index is 13.4. The average Bonchev–Trinajstić information content (AvgIpc) is 3.63. The Morgan fingerprint density at radius 1 is 0.927 bits per heavy atom. The van der Waals surface area contributed by atoms with Crippen LogP contribution in [0.5, 0.6) is 17.5 Å². The van der Waals surface area contributed by atoms with Gasteiger partial charge in [0.25, 0.3) is 16.7 Å². The second-order valence-corrected chi connectivity index (χ2v) is 14.1. The number of nitrogens with zero attached hydrogens (tertiary/aromatic N) is 5. The fourth-order valence-corrected chi connectivity index (χ4v) is 7.03. The maximum absolute atomic E-state index is 13.4. The number of methoxy groups -OCH3 is 1. The number of ether oxygens (including phenoxy) is 3. The number of aromatic nitrogens is 4. The monoisotopic (exact) mass is 826 g/mol. The number of halogens is 3. The van der Waals surface area contributed by atoms with E-state index in [-0.39, 0.29) is 63.0 Å². The van der Waals surface area contributed by atoms with Gasteiger partial charge in [0.1, 0.15) is 6.54 Å². The van der Waals surface area contributed by atoms with Crippen molar-refractivity contribution in [3.8, 4) is 17.5 Å². The van der Waals surface area contributed by atoms with E-state index in [0.29, 0.717) is 32.9 Å². The zero-order chi connectivity index (χ0) is 39.7. The molecule has 1 aliphatic rings. The van der Waals surface area contributed by atoms with E-state index < -0.39 is 40.8 Å². The third kappa shape index (κ3) is 7.98. The van der Waals surface area contributed by atoms with Crippen molar-refractivity contribution in [2.75, 3.05) is 25.6 Å². The van der Waals surface area contributed by atoms with Crippen LogP contribution >= 0.6 is 46.6 Å². The van der Waals surface area contributed by atoms with Crippen molar-refractivity contribution in [1.29, 1.82) is 0 Å². The first-order valence-electron chi connectivity index (χ1n) is 16.2. The van der Waals surface area contributed by atoms with E-state index in [9.17, 15) is 28.8 Å². The summed E-state index contributed by atoms with van der Waals surface area (Å²) in [7, 11) is 4.23. The standard InChI is InChI=1S/C36H29Cl3N6O9S/c1-5-53-33(49)22-15-21(9-10-23(22)38)40-28(46)17-45-31(47)27(55-36(45)51)13-18-6-11-25(26(12-18)52-4)54-34-41-30-29(32(48)43(3)35(50)42(30)2)44(34)16-19-7-8-20(37)14-24(19)39/h6-15H,5,16-17H2,1-4H3,(H,40,46)/b27-13-. The Balaban J connectivity index is 1.24. The summed E-state index contributed by atoms with van der Waals surface area (Å²) in [6.07, 6.45) is 1.46. The molecule has 5 aromatic rings. The third-order valence-electron chi connectivity index (χ3n) is 8.26. The molecular weight excluding hydrogens is 799 g/mol. The third-order valence-corrected chi connectivity index (χ3v) is 10.1. The number of hydrogen-bond acceptors (Lipinski definition) is 11. The quantitative estimate of drug-likeness (QED) is 0.121. The van der Waals surface area contributed by atoms with Crippen LogP contribution in [0.25, 0.3) is 17.2 Å². The molecule has 0 bridgehead atoms. The van der Waals surface area contributed by atoms with E-state index in [1.54, 1.807) is 37.3 Å². The SMILES string of the molecule is CCOC(=O)c1cc(NC(=O)CN2C(=O)S/C(=C\c3ccc(Oc4nc5c(c(=O)n(C)c(=O)n5C)n4Cc4ccc(Cl)cc4Cl)c(OC)c3)C2=O)ccc1Cl. The molecule has 1 N–H and O–H groups in total. The van der Waals surface area contributed by atoms with Crippen LogP contribution in [-0.2, 0) is 35.0 Å². The van der Waals surface area contributed by atoms with Crippen LogP contribution in [0.2, 0.25) is 15.1 Å². The highest BCUT2D eigenvalue weighted by Gasteiger charge is 2.36. The first kappa shape index (κ1) is 39.2. The predicted octanol–water partition coefficient (Wildman–Crippen LogP) is 6.09. The van der Waals surface area contributed by atoms with Crippen LogP contribution < -0.4 is 26.0 Å². The average molecular weight is 828 g/mol. The number of amides is 3. The summed E-state index contributed by atoms with van der Waals surface area (Å²) < 4.78 is 20.4. The fraction of sp³-hybridized carbons (Fsp3) is 0.194. The Labute approximate surface area is 330 Å². The summed E-state index contributed by atoms with van der Waals surface area (Å²) in [5.74, 6) is -1.70. The Kier molecular flexibility index (Phi) is 11.4. The number of thioether (sulfide) groups is 1. The van der Waals surface area contributed by atoms with Gasteiger partial charge in [-0.15, -0.1) is 0 Å². The van der Waals surface area contributed by atoms with Crippen molar-refractivity contribution in [3.63, 3.8) is 0 Å². The number of benzene rings is 3. The minimum Gasteiger partial charge on any atom is -0.493 e. The summed E-state index contributed by atoms with van der Waals surface area (Å²) in [5.41, 5.74) is 0.260. The lowest BCUT2D eigenvalue weighted by molar-refractivity contribution is -0.127. The van der Waals surface area contributed by atoms with Gasteiger partial charge in [-0.05, 0) is 78.4 Å². The lowest BCUT2D eigenvalue weighted by Crippen LogP contribution is -2.37. The maximum Gasteiger partial charge on any atom is 0.339 e. The van der Waals surface area contributed by atoms with Crippen molar-refractivity contribution >= 4 is 92.5 Å². The van der Waals surface area contributed by atoms with Crippen molar-refractivity contribution < 1.29 is 33.4 Å². The number of anilines is 1. The number of nitrogens with one attached hydrogen (secondary N) is 1. The van der Waals surface area contributed by atoms with Gasteiger partial charge in [0.15, 0.2) is 22.7 Å². The van der Waals surface area contributed by atoms with Gasteiger partial charge >= 0.3 is 17.7 Å². The van der Waals surface area contributed by atoms with E-state index in [4.69, 9.17) is 49.0 Å². The van der Waals surface area contributed by atoms with Crippen LogP contribution in [0, 0.1) is 0 Å². The molecule has 3 heterocycles. The first-order chi connectivity index (χ1) is 26.2. The van der Waals surface area contributed by atoms with Crippen molar-refractivity contribution in [3.05, 3.63) is 112 Å². The smallest absolute Gasteiger partial charge is 0.339 e. The highest BCUT2D eigenvalue weighted by molar-refractivity contribution is 8.18. The molecule has 3 amide bonds. The van der Waals surface area contributed by atoms with E-state index in [2.05, 4.69) is 10.3 Å². The lowest BCUT2D eigenvalue weighted by atomic mass is 10.2. The molecule has 0 aliphatic carbocycles. The summed E-state index contributed by atoms with van der Waals surface area (Å²) in [6.45, 7) is 1.20. The molecule has 1 aliphatic heterocycles. The van der Waals surface area contributed by atoms with E-state index in [0.717, 1.165) is 9.47 Å². The molecule has 19 heteroatoms. The van der Waals surface area contributed by atoms with Gasteiger partial charge in [-0.2, -0.15) is 4.98 Å². The molecule has 3 aromatic carbocycles. The van der Waals surface area contributed by atoms with Crippen LogP contribution in [0.1, 0.15) is 28.4 Å². The van der Waals surface area contributed by atoms with Gasteiger partial charge in [0.2, 0.25) is 5.91 Å². The van der Waals surface area contributed by atoms with Gasteiger partial charge in [0, 0.05) is 29.8 Å². The molecule has 55 heavy (non-hydrogen) atoms. The number of carbonyl (C=O) groups excluding carboxylic acids is 4. The minimum atomic E-state index is -0.700. The van der Waals surface area contributed by atoms with Gasteiger partial charge in [-0.3, -0.25) is 37.8 Å². The van der Waals surface area contributed by atoms with Crippen molar-refractivity contribution in [1.82, 2.24) is 23.6 Å². The number of aryl methyl sites for hydroxylation is 1. The van der Waals surface area contributed by atoms with Crippen LogP contribution in [0.15, 0.2) is 69.1 Å². The Hall–Kier alpha value is -5.55. The molecule has 1 fully saturated rings. The molecule has 15 nitrogen and oxygen atoms in total. The van der Waals surface area contributed by atoms with E-state index >= 15 is 0 Å². The molecule has 0 saturated carbocycles. The van der Waals surface area contributed by atoms with Gasteiger partial charge in [0.05, 0.1) is 35.8 Å². The molecule has 1 saturated heterocycles. The highest BCUT2D eigenvalue weighted by atomic mass is 35.5. The number of fused-ring (bicyclic) bond motifs is 1. The Bertz CT molecular complexity index is 2580. The second kappa shape index (κ2) is 16.0. The lowest BCUT2D eigenvalue weighted by Gasteiger charge is -2.14. The van der Waals surface area contributed by atoms with Crippen molar-refractivity contribution in [2.45, 2.75) is 13.5 Å². The Morgan fingerprint density at radius 3 is 2.40 bits per heavy atom. The van der Waals surface area contributed by atoms with Gasteiger partial charge in [-0.1, -0.05) is 46.9 Å². The van der Waals surface area contributed by atoms with E-state index in [1.807, 2.05) is 0 Å². The number of imide groups is 1. The molecule has 0 radical (unpaired) electrons. The number of rotatable bonds is 11. The summed E-state index contributed by atoms with van der Waals surface area (Å²) in [6, 6.07) is 13.7. The number of carbonyl (C=O) groups is 4. The molecular formula is C36H29Cl3N6O9S. The Morgan fingerprint density at radius 2 is 1.69 bits per heavy atom. The summed E-state index contributed by atoms with van der Waals surface area (Å²) >= 11 is 19.3. The van der Waals surface area contributed by atoms with Crippen LogP contribution in [0.3, 0.4) is 0 Å². The van der Waals surface area contributed by atoms with E-state index in [1.165, 1.54) is 60.7 Å². The van der Waals surface area contributed by atoms with Crippen molar-refractivity contribution in [2.24, 2.45) is 14.1 Å². The van der Waals surface area contributed by atoms with Gasteiger partial charge < -0.3 is 19.5 Å². The van der Waals surface area contributed by atoms with Crippen LogP contribution in [-0.4, -0.2) is 66.9 Å². The minimum absolute atomic E-state index is 0.0258. The predicted molar refractivity (Wildman–Crippen MR) is 208 cm³/mol. The molecule has 0 atom stereocenters. The zero-order valence-electron chi connectivity index (χ0n) is 29.3. The molecule has 2 aromatic heterocycles. The zero-order valence-corrected chi connectivity index (χ0v) is 32.4. The fourth-order valence-electron chi connectivity index (χ4n) is 5.53. The second-order valence-electron chi connectivity index (χ2n) is 11.8. The number of imidazole rings is 1. The molecule has 284 valence electrons.